The van der Waals surface area contributed by atoms with Crippen LogP contribution in [0.15, 0.2) is 83.7 Å². The molecule has 0 spiro atoms. The Hall–Kier alpha value is -4.17. The number of carboxylic acid groups (broad SMARTS) is 1. The number of carbonyl (C=O) groups is 2. The fourth-order valence-corrected chi connectivity index (χ4v) is 3.76. The van der Waals surface area contributed by atoms with Crippen LogP contribution in [-0.4, -0.2) is 26.8 Å². The Morgan fingerprint density at radius 2 is 1.62 bits per heavy atom. The number of hydrogen-bond donors (Lipinski definition) is 3. The summed E-state index contributed by atoms with van der Waals surface area (Å²) in [5.74, 6) is -2.09. The minimum absolute atomic E-state index is 0.0387. The molecular weight excluding hydrogens is 461 g/mol. The molecular formula is C25H19ClFN3O4. The Morgan fingerprint density at radius 1 is 1.00 bits per heavy atom. The molecule has 3 N–H and O–H groups in total. The maximum Gasteiger partial charge on any atom is 0.305 e. The molecule has 1 heterocycles. The van der Waals surface area contributed by atoms with Crippen molar-refractivity contribution in [1.29, 1.82) is 0 Å². The van der Waals surface area contributed by atoms with Crippen molar-refractivity contribution in [2.45, 2.75) is 12.5 Å². The van der Waals surface area contributed by atoms with Gasteiger partial charge in [-0.3, -0.25) is 19.5 Å². The zero-order valence-electron chi connectivity index (χ0n) is 17.7. The highest BCUT2D eigenvalue weighted by Gasteiger charge is 2.21. The molecule has 7 nitrogen and oxygen atoms in total. The van der Waals surface area contributed by atoms with Crippen molar-refractivity contribution in [3.8, 4) is 16.8 Å². The number of hydrogen-bond acceptors (Lipinski definition) is 3. The molecule has 4 aromatic rings. The van der Waals surface area contributed by atoms with E-state index in [0.717, 1.165) is 21.9 Å². The largest absolute Gasteiger partial charge is 0.481 e. The number of nitrogens with zero attached hydrogens (tertiary/aromatic N) is 1. The van der Waals surface area contributed by atoms with Crippen LogP contribution < -0.4 is 10.9 Å². The first kappa shape index (κ1) is 23.0. The van der Waals surface area contributed by atoms with Crippen LogP contribution in [0.5, 0.6) is 0 Å². The lowest BCUT2D eigenvalue weighted by Gasteiger charge is -2.17. The van der Waals surface area contributed by atoms with E-state index in [1.54, 1.807) is 60.7 Å². The number of aliphatic carboxylic acids is 1. The number of aromatic nitrogens is 2. The van der Waals surface area contributed by atoms with Gasteiger partial charge in [0.1, 0.15) is 11.5 Å². The van der Waals surface area contributed by atoms with Gasteiger partial charge in [0.2, 0.25) is 0 Å². The summed E-state index contributed by atoms with van der Waals surface area (Å²) in [5, 5.41) is 15.1. The third kappa shape index (κ3) is 5.07. The van der Waals surface area contributed by atoms with Gasteiger partial charge in [-0.15, -0.1) is 0 Å². The number of rotatable bonds is 7. The van der Waals surface area contributed by atoms with Crippen molar-refractivity contribution in [1.82, 2.24) is 15.1 Å². The summed E-state index contributed by atoms with van der Waals surface area (Å²) in [5.41, 5.74) is 2.02. The zero-order valence-corrected chi connectivity index (χ0v) is 18.4. The molecule has 0 saturated carbocycles. The van der Waals surface area contributed by atoms with E-state index in [1.165, 1.54) is 12.1 Å². The van der Waals surface area contributed by atoms with E-state index in [1.807, 2.05) is 0 Å². The molecule has 0 aliphatic rings. The van der Waals surface area contributed by atoms with Crippen molar-refractivity contribution in [3.63, 3.8) is 0 Å². The zero-order chi connectivity index (χ0) is 24.2. The Bertz CT molecular complexity index is 1390. The molecule has 172 valence electrons. The molecule has 1 unspecified atom stereocenters. The Morgan fingerprint density at radius 3 is 2.24 bits per heavy atom. The molecule has 0 radical (unpaired) electrons. The lowest BCUT2D eigenvalue weighted by Crippen LogP contribution is -2.30. The highest BCUT2D eigenvalue weighted by molar-refractivity contribution is 6.32. The minimum Gasteiger partial charge on any atom is -0.481 e. The smallest absolute Gasteiger partial charge is 0.305 e. The second-order valence-corrected chi connectivity index (χ2v) is 7.95. The van der Waals surface area contributed by atoms with E-state index in [2.05, 4.69) is 10.4 Å². The normalized spacial score (nSPS) is 11.7. The average molecular weight is 480 g/mol. The number of benzene rings is 3. The van der Waals surface area contributed by atoms with Gasteiger partial charge in [-0.2, -0.15) is 0 Å². The van der Waals surface area contributed by atoms with Gasteiger partial charge in [0, 0.05) is 6.07 Å². The van der Waals surface area contributed by atoms with Crippen molar-refractivity contribution in [2.75, 3.05) is 0 Å². The van der Waals surface area contributed by atoms with E-state index < -0.39 is 23.5 Å². The van der Waals surface area contributed by atoms with Gasteiger partial charge in [0.25, 0.3) is 11.5 Å². The van der Waals surface area contributed by atoms with E-state index in [0.29, 0.717) is 16.3 Å². The van der Waals surface area contributed by atoms with Gasteiger partial charge in [-0.1, -0.05) is 60.1 Å². The van der Waals surface area contributed by atoms with Gasteiger partial charge >= 0.3 is 5.97 Å². The summed E-state index contributed by atoms with van der Waals surface area (Å²) < 4.78 is 14.3. The third-order valence-electron chi connectivity index (χ3n) is 5.23. The van der Waals surface area contributed by atoms with Gasteiger partial charge in [0.15, 0.2) is 0 Å². The first-order valence-corrected chi connectivity index (χ1v) is 10.6. The lowest BCUT2D eigenvalue weighted by atomic mass is 9.99. The van der Waals surface area contributed by atoms with Gasteiger partial charge in [-0.25, -0.2) is 9.07 Å². The summed E-state index contributed by atoms with van der Waals surface area (Å²) in [4.78, 5) is 36.7. The molecule has 34 heavy (non-hydrogen) atoms. The molecule has 0 bridgehead atoms. The SMILES string of the molecule is O=C(O)CC(NC(=O)c1cc(=O)n(-c2ccccc2Cl)[nH]1)c1ccc(-c2ccc(F)cc2)cc1. The van der Waals surface area contributed by atoms with Crippen molar-refractivity contribution >= 4 is 23.5 Å². The number of amides is 1. The molecule has 1 aromatic heterocycles. The van der Waals surface area contributed by atoms with E-state index in [-0.39, 0.29) is 17.9 Å². The fraction of sp³-hybridized carbons (Fsp3) is 0.0800. The molecule has 1 atom stereocenters. The molecule has 0 saturated heterocycles. The molecule has 0 aliphatic carbocycles. The van der Waals surface area contributed by atoms with Crippen LogP contribution in [-0.2, 0) is 4.79 Å². The summed E-state index contributed by atoms with van der Waals surface area (Å²) in [6, 6.07) is 19.8. The van der Waals surface area contributed by atoms with Crippen molar-refractivity contribution in [3.05, 3.63) is 111 Å². The summed E-state index contributed by atoms with van der Waals surface area (Å²) in [6.07, 6.45) is -0.364. The number of halogens is 2. The second kappa shape index (κ2) is 9.76. The van der Waals surface area contributed by atoms with Gasteiger partial charge in [0.05, 0.1) is 23.2 Å². The Labute approximate surface area is 198 Å². The second-order valence-electron chi connectivity index (χ2n) is 7.55. The number of carbonyl (C=O) groups excluding carboxylic acids is 1. The van der Waals surface area contributed by atoms with Gasteiger partial charge in [-0.05, 0) is 41.0 Å². The molecule has 0 aliphatic heterocycles. The van der Waals surface area contributed by atoms with Crippen LogP contribution in [0.25, 0.3) is 16.8 Å². The molecule has 9 heteroatoms. The maximum absolute atomic E-state index is 13.2. The predicted molar refractivity (Wildman–Crippen MR) is 126 cm³/mol. The average Bonchev–Trinajstić information content (AvgIpc) is 3.21. The van der Waals surface area contributed by atoms with Crippen LogP contribution in [0.4, 0.5) is 4.39 Å². The van der Waals surface area contributed by atoms with Crippen LogP contribution >= 0.6 is 11.6 Å². The topological polar surface area (TPSA) is 104 Å². The number of aromatic amines is 1. The van der Waals surface area contributed by atoms with Gasteiger partial charge < -0.3 is 10.4 Å². The van der Waals surface area contributed by atoms with Crippen LogP contribution in [0.2, 0.25) is 5.02 Å². The van der Waals surface area contributed by atoms with E-state index in [4.69, 9.17) is 11.6 Å². The quantitative estimate of drug-likeness (QED) is 0.361. The van der Waals surface area contributed by atoms with Crippen molar-refractivity contribution in [2.24, 2.45) is 0 Å². The predicted octanol–water partition coefficient (Wildman–Crippen LogP) is 4.57. The number of para-hydroxylation sites is 1. The third-order valence-corrected chi connectivity index (χ3v) is 5.55. The summed E-state index contributed by atoms with van der Waals surface area (Å²) in [7, 11) is 0. The molecule has 0 fully saturated rings. The fourth-order valence-electron chi connectivity index (χ4n) is 3.54. The number of nitrogens with one attached hydrogen (secondary N) is 2. The molecule has 4 rings (SSSR count). The Kier molecular flexibility index (Phi) is 6.60. The maximum atomic E-state index is 13.2. The first-order valence-electron chi connectivity index (χ1n) is 10.3. The Balaban J connectivity index is 1.57. The van der Waals surface area contributed by atoms with Crippen LogP contribution in [0, 0.1) is 5.82 Å². The van der Waals surface area contributed by atoms with E-state index >= 15 is 0 Å². The molecule has 3 aromatic carbocycles. The number of H-pyrrole nitrogens is 1. The van der Waals surface area contributed by atoms with Crippen LogP contribution in [0.1, 0.15) is 28.5 Å². The summed E-state index contributed by atoms with van der Waals surface area (Å²) in [6.45, 7) is 0. The van der Waals surface area contributed by atoms with E-state index in [9.17, 15) is 23.9 Å². The monoisotopic (exact) mass is 479 g/mol. The standard InChI is InChI=1S/C25H19ClFN3O4/c26-19-3-1-2-4-22(19)30-23(31)13-21(29-30)25(34)28-20(14-24(32)33)17-7-5-15(6-8-17)16-9-11-18(27)12-10-16/h1-13,20,29H,14H2,(H,28,34)(H,32,33). The highest BCUT2D eigenvalue weighted by Crippen LogP contribution is 2.24. The lowest BCUT2D eigenvalue weighted by molar-refractivity contribution is -0.137. The minimum atomic E-state index is -1.10. The van der Waals surface area contributed by atoms with Crippen molar-refractivity contribution < 1.29 is 19.1 Å². The molecule has 1 amide bonds. The number of carboxylic acids is 1. The first-order chi connectivity index (χ1) is 16.3. The van der Waals surface area contributed by atoms with Crippen LogP contribution in [0.3, 0.4) is 0 Å². The highest BCUT2D eigenvalue weighted by atomic mass is 35.5. The summed E-state index contributed by atoms with van der Waals surface area (Å²) >= 11 is 6.14.